The van der Waals surface area contributed by atoms with Crippen LogP contribution in [0.3, 0.4) is 0 Å². The third-order valence-corrected chi connectivity index (χ3v) is 12.3. The van der Waals surface area contributed by atoms with Gasteiger partial charge in [-0.3, -0.25) is 0 Å². The summed E-state index contributed by atoms with van der Waals surface area (Å²) in [5.41, 5.74) is 17.7. The molecule has 10 aromatic carbocycles. The zero-order valence-corrected chi connectivity index (χ0v) is 33.1. The lowest BCUT2D eigenvalue weighted by Crippen LogP contribution is -2.28. The van der Waals surface area contributed by atoms with Gasteiger partial charge in [-0.1, -0.05) is 206 Å². The Labute approximate surface area is 352 Å². The summed E-state index contributed by atoms with van der Waals surface area (Å²) in [6, 6.07) is 91.0. The average molecular weight is 764 g/mol. The largest absolute Gasteiger partial charge is 0.310 e. The molecule has 11 rings (SSSR count). The first-order valence-electron chi connectivity index (χ1n) is 20.8. The topological polar surface area (TPSA) is 3.24 Å². The minimum atomic E-state index is -0.498. The summed E-state index contributed by atoms with van der Waals surface area (Å²) in [7, 11) is 0. The minimum Gasteiger partial charge on any atom is -0.310 e. The van der Waals surface area contributed by atoms with Crippen LogP contribution in [0, 0.1) is 0 Å². The first-order chi connectivity index (χ1) is 29.8. The molecule has 0 spiro atoms. The molecular weight excluding hydrogens is 723 g/mol. The molecule has 0 unspecified atom stereocenters. The zero-order valence-electron chi connectivity index (χ0n) is 33.1. The molecular formula is C59H41N. The summed E-state index contributed by atoms with van der Waals surface area (Å²) >= 11 is 0. The van der Waals surface area contributed by atoms with Crippen molar-refractivity contribution in [2.75, 3.05) is 4.90 Å². The van der Waals surface area contributed by atoms with Gasteiger partial charge in [0.1, 0.15) is 0 Å². The van der Waals surface area contributed by atoms with E-state index in [1.165, 1.54) is 77.5 Å². The summed E-state index contributed by atoms with van der Waals surface area (Å²) in [5, 5.41) is 2.48. The van der Waals surface area contributed by atoms with E-state index in [1.54, 1.807) is 0 Å². The lowest BCUT2D eigenvalue weighted by molar-refractivity contribution is 0.768. The predicted octanol–water partition coefficient (Wildman–Crippen LogP) is 15.7. The van der Waals surface area contributed by atoms with Crippen molar-refractivity contribution in [3.05, 3.63) is 271 Å². The predicted molar refractivity (Wildman–Crippen MR) is 252 cm³/mol. The van der Waals surface area contributed by atoms with E-state index in [1.807, 2.05) is 0 Å². The van der Waals surface area contributed by atoms with Gasteiger partial charge in [0.05, 0.1) is 11.1 Å². The van der Waals surface area contributed by atoms with Gasteiger partial charge in [0, 0.05) is 16.9 Å². The standard InChI is InChI=1S/C59H41N/c1-5-18-42(19-6-1)44-32-36-50(37-33-44)60(51-38-34-45(35-39-51)54-41-47(43-20-7-2-8-21-43)40-46-22-13-14-27-52(46)54)57-31-17-30-56-58(57)53-28-15-16-29-55(53)59(56,48-23-9-3-10-24-48)49-25-11-4-12-26-49/h1-41H. The maximum Gasteiger partial charge on any atom is 0.0714 e. The maximum absolute atomic E-state index is 2.46. The van der Waals surface area contributed by atoms with Crippen molar-refractivity contribution in [1.29, 1.82) is 0 Å². The van der Waals surface area contributed by atoms with E-state index in [9.17, 15) is 0 Å². The molecule has 0 radical (unpaired) electrons. The van der Waals surface area contributed by atoms with Crippen molar-refractivity contribution < 1.29 is 0 Å². The van der Waals surface area contributed by atoms with Gasteiger partial charge >= 0.3 is 0 Å². The van der Waals surface area contributed by atoms with Crippen LogP contribution in [0.1, 0.15) is 22.3 Å². The minimum absolute atomic E-state index is 0.498. The summed E-state index contributed by atoms with van der Waals surface area (Å²) < 4.78 is 0. The fraction of sp³-hybridized carbons (Fsp3) is 0.0169. The third-order valence-electron chi connectivity index (χ3n) is 12.3. The molecule has 1 heteroatoms. The van der Waals surface area contributed by atoms with Crippen molar-refractivity contribution in [3.8, 4) is 44.5 Å². The Morgan fingerprint density at radius 2 is 0.783 bits per heavy atom. The van der Waals surface area contributed by atoms with Gasteiger partial charge in [-0.25, -0.2) is 0 Å². The quantitative estimate of drug-likeness (QED) is 0.149. The van der Waals surface area contributed by atoms with Crippen LogP contribution in [0.2, 0.25) is 0 Å². The molecule has 0 saturated carbocycles. The van der Waals surface area contributed by atoms with E-state index in [0.29, 0.717) is 0 Å². The number of rotatable bonds is 8. The highest BCUT2D eigenvalue weighted by molar-refractivity contribution is 6.01. The fourth-order valence-electron chi connectivity index (χ4n) is 9.66. The molecule has 282 valence electrons. The monoisotopic (exact) mass is 763 g/mol. The Kier molecular flexibility index (Phi) is 8.79. The van der Waals surface area contributed by atoms with E-state index < -0.39 is 5.41 Å². The van der Waals surface area contributed by atoms with Crippen LogP contribution in [0.25, 0.3) is 55.3 Å². The zero-order chi connectivity index (χ0) is 39.9. The maximum atomic E-state index is 2.46. The number of benzene rings is 10. The molecule has 0 saturated heterocycles. The summed E-state index contributed by atoms with van der Waals surface area (Å²) in [4.78, 5) is 2.46. The third kappa shape index (κ3) is 5.86. The van der Waals surface area contributed by atoms with Gasteiger partial charge < -0.3 is 4.90 Å². The summed E-state index contributed by atoms with van der Waals surface area (Å²) in [5.74, 6) is 0. The van der Waals surface area contributed by atoms with Gasteiger partial charge in [-0.05, 0) is 114 Å². The van der Waals surface area contributed by atoms with Crippen LogP contribution in [0.15, 0.2) is 249 Å². The smallest absolute Gasteiger partial charge is 0.0714 e. The van der Waals surface area contributed by atoms with Crippen LogP contribution in [0.4, 0.5) is 17.1 Å². The Bertz CT molecular complexity index is 3060. The van der Waals surface area contributed by atoms with Gasteiger partial charge in [0.15, 0.2) is 0 Å². The Morgan fingerprint density at radius 1 is 0.300 bits per heavy atom. The van der Waals surface area contributed by atoms with Crippen LogP contribution in [-0.2, 0) is 5.41 Å². The van der Waals surface area contributed by atoms with E-state index in [0.717, 1.165) is 17.1 Å². The highest BCUT2D eigenvalue weighted by Gasteiger charge is 2.47. The van der Waals surface area contributed by atoms with Crippen molar-refractivity contribution in [3.63, 3.8) is 0 Å². The second-order valence-electron chi connectivity index (χ2n) is 15.6. The van der Waals surface area contributed by atoms with Crippen LogP contribution in [0.5, 0.6) is 0 Å². The number of nitrogens with zero attached hydrogens (tertiary/aromatic N) is 1. The van der Waals surface area contributed by atoms with Crippen molar-refractivity contribution in [2.24, 2.45) is 0 Å². The normalized spacial score (nSPS) is 12.5. The first kappa shape index (κ1) is 35.4. The van der Waals surface area contributed by atoms with Gasteiger partial charge in [0.2, 0.25) is 0 Å². The first-order valence-corrected chi connectivity index (χ1v) is 20.8. The van der Waals surface area contributed by atoms with E-state index >= 15 is 0 Å². The highest BCUT2D eigenvalue weighted by Crippen LogP contribution is 2.59. The summed E-state index contributed by atoms with van der Waals surface area (Å²) in [6.45, 7) is 0. The molecule has 0 amide bonds. The SMILES string of the molecule is c1ccc(-c2ccc(N(c3ccc(-c4cc(-c5ccccc5)cc5ccccc45)cc3)c3cccc4c3-c3ccccc3C4(c3ccccc3)c3ccccc3)cc2)cc1. The lowest BCUT2D eigenvalue weighted by atomic mass is 9.68. The van der Waals surface area contributed by atoms with E-state index in [2.05, 4.69) is 254 Å². The van der Waals surface area contributed by atoms with Gasteiger partial charge in [-0.2, -0.15) is 0 Å². The molecule has 60 heavy (non-hydrogen) atoms. The average Bonchev–Trinajstić information content (AvgIpc) is 3.64. The van der Waals surface area contributed by atoms with Crippen molar-refractivity contribution >= 4 is 27.8 Å². The highest BCUT2D eigenvalue weighted by atomic mass is 15.1. The molecule has 0 aliphatic heterocycles. The Balaban J connectivity index is 1.12. The number of fused-ring (bicyclic) bond motifs is 4. The van der Waals surface area contributed by atoms with Crippen molar-refractivity contribution in [2.45, 2.75) is 5.41 Å². The van der Waals surface area contributed by atoms with Gasteiger partial charge in [0.25, 0.3) is 0 Å². The molecule has 1 nitrogen and oxygen atoms in total. The van der Waals surface area contributed by atoms with Crippen LogP contribution < -0.4 is 4.90 Å². The number of anilines is 3. The van der Waals surface area contributed by atoms with E-state index in [4.69, 9.17) is 0 Å². The number of hydrogen-bond acceptors (Lipinski definition) is 1. The molecule has 10 aromatic rings. The van der Waals surface area contributed by atoms with E-state index in [-0.39, 0.29) is 0 Å². The Hall–Kier alpha value is -7.74. The Morgan fingerprint density at radius 3 is 1.42 bits per heavy atom. The molecule has 0 bridgehead atoms. The molecule has 0 aromatic heterocycles. The molecule has 1 aliphatic carbocycles. The fourth-order valence-corrected chi connectivity index (χ4v) is 9.66. The number of hydrogen-bond donors (Lipinski definition) is 0. The van der Waals surface area contributed by atoms with Gasteiger partial charge in [-0.15, -0.1) is 0 Å². The van der Waals surface area contributed by atoms with Crippen LogP contribution >= 0.6 is 0 Å². The molecule has 0 N–H and O–H groups in total. The second-order valence-corrected chi connectivity index (χ2v) is 15.6. The summed E-state index contributed by atoms with van der Waals surface area (Å²) in [6.07, 6.45) is 0. The second kappa shape index (κ2) is 14.9. The molecule has 0 heterocycles. The molecule has 1 aliphatic rings. The van der Waals surface area contributed by atoms with Crippen LogP contribution in [-0.4, -0.2) is 0 Å². The van der Waals surface area contributed by atoms with Crippen molar-refractivity contribution in [1.82, 2.24) is 0 Å². The molecule has 0 atom stereocenters. The molecule has 0 fully saturated rings. The lowest BCUT2D eigenvalue weighted by Gasteiger charge is -2.34.